The second kappa shape index (κ2) is 7.37. The summed E-state index contributed by atoms with van der Waals surface area (Å²) in [5, 5.41) is 3.30. The van der Waals surface area contributed by atoms with Gasteiger partial charge in [0.05, 0.1) is 11.0 Å². The van der Waals surface area contributed by atoms with E-state index in [-0.39, 0.29) is 11.3 Å². The fourth-order valence-electron chi connectivity index (χ4n) is 2.70. The summed E-state index contributed by atoms with van der Waals surface area (Å²) in [6, 6.07) is 0.189. The smallest absolute Gasteiger partial charge is 0.154 e. The van der Waals surface area contributed by atoms with Crippen LogP contribution >= 0.6 is 0 Å². The molecule has 3 nitrogen and oxygen atoms in total. The molecular weight excluding hydrogens is 234 g/mol. The molecule has 0 aromatic rings. The largest absolute Gasteiger partial charge is 0.313 e. The van der Waals surface area contributed by atoms with Crippen LogP contribution in [0, 0.1) is 0 Å². The Labute approximate surface area is 106 Å². The average Bonchev–Trinajstić information content (AvgIpc) is 2.51. The zero-order chi connectivity index (χ0) is 12.7. The van der Waals surface area contributed by atoms with Gasteiger partial charge < -0.3 is 5.32 Å². The maximum atomic E-state index is 12.3. The zero-order valence-electron chi connectivity index (χ0n) is 11.2. The van der Waals surface area contributed by atoms with Gasteiger partial charge in [0.15, 0.2) is 9.84 Å². The predicted octanol–water partition coefficient (Wildman–Crippen LogP) is 2.51. The van der Waals surface area contributed by atoms with Crippen molar-refractivity contribution in [1.29, 1.82) is 0 Å². The number of sulfone groups is 1. The molecule has 0 spiro atoms. The lowest BCUT2D eigenvalue weighted by atomic mass is 10.1. The van der Waals surface area contributed by atoms with E-state index in [0.29, 0.717) is 5.75 Å². The molecule has 0 aliphatic heterocycles. The van der Waals surface area contributed by atoms with Crippen LogP contribution in [0.1, 0.15) is 58.8 Å². The van der Waals surface area contributed by atoms with E-state index in [4.69, 9.17) is 0 Å². The van der Waals surface area contributed by atoms with Crippen molar-refractivity contribution in [3.63, 3.8) is 0 Å². The lowest BCUT2D eigenvalue weighted by molar-refractivity contribution is 0.450. The second-order valence-electron chi connectivity index (χ2n) is 5.10. The molecule has 1 rings (SSSR count). The van der Waals surface area contributed by atoms with Crippen molar-refractivity contribution in [2.24, 2.45) is 0 Å². The van der Waals surface area contributed by atoms with Gasteiger partial charge >= 0.3 is 0 Å². The third-order valence-corrected chi connectivity index (χ3v) is 6.02. The van der Waals surface area contributed by atoms with Gasteiger partial charge in [-0.25, -0.2) is 8.42 Å². The summed E-state index contributed by atoms with van der Waals surface area (Å²) in [6.07, 6.45) is 7.09. The monoisotopic (exact) mass is 261 g/mol. The quantitative estimate of drug-likeness (QED) is 0.747. The summed E-state index contributed by atoms with van der Waals surface area (Å²) in [5.41, 5.74) is 0. The van der Waals surface area contributed by atoms with Crippen molar-refractivity contribution in [3.05, 3.63) is 0 Å². The van der Waals surface area contributed by atoms with Crippen molar-refractivity contribution in [3.8, 4) is 0 Å². The first kappa shape index (κ1) is 15.0. The molecule has 0 bridgehead atoms. The van der Waals surface area contributed by atoms with Gasteiger partial charge in [0.1, 0.15) is 0 Å². The van der Waals surface area contributed by atoms with Gasteiger partial charge in [0.2, 0.25) is 0 Å². The van der Waals surface area contributed by atoms with Gasteiger partial charge in [-0.15, -0.1) is 0 Å². The van der Waals surface area contributed by atoms with Crippen molar-refractivity contribution in [1.82, 2.24) is 5.32 Å². The molecule has 0 saturated heterocycles. The average molecular weight is 261 g/mol. The first-order valence-corrected chi connectivity index (χ1v) is 8.78. The molecule has 1 fully saturated rings. The zero-order valence-corrected chi connectivity index (χ0v) is 12.1. The van der Waals surface area contributed by atoms with Crippen molar-refractivity contribution in [2.75, 3.05) is 12.3 Å². The molecule has 17 heavy (non-hydrogen) atoms. The van der Waals surface area contributed by atoms with Gasteiger partial charge in [0, 0.05) is 6.04 Å². The summed E-state index contributed by atoms with van der Waals surface area (Å²) < 4.78 is 24.5. The minimum absolute atomic E-state index is 0.142. The van der Waals surface area contributed by atoms with Gasteiger partial charge in [-0.05, 0) is 32.2 Å². The Morgan fingerprint density at radius 3 is 2.41 bits per heavy atom. The summed E-state index contributed by atoms with van der Waals surface area (Å²) in [5.74, 6) is 0.349. The van der Waals surface area contributed by atoms with Crippen molar-refractivity contribution < 1.29 is 8.42 Å². The Hall–Kier alpha value is -0.0900. The lowest BCUT2D eigenvalue weighted by Crippen LogP contribution is -2.44. The first-order chi connectivity index (χ1) is 8.11. The Kier molecular flexibility index (Phi) is 6.49. The van der Waals surface area contributed by atoms with Crippen LogP contribution in [0.4, 0.5) is 0 Å². The standard InChI is InChI=1S/C13H27NO2S/c1-3-10-14-12-8-6-5-7-9-13(12)17(15,16)11-4-2/h12-14H,3-11H2,1-2H3. The predicted molar refractivity (Wildman–Crippen MR) is 73.0 cm³/mol. The van der Waals surface area contributed by atoms with E-state index >= 15 is 0 Å². The van der Waals surface area contributed by atoms with Crippen LogP contribution < -0.4 is 5.32 Å². The van der Waals surface area contributed by atoms with Gasteiger partial charge in [-0.2, -0.15) is 0 Å². The normalized spacial score (nSPS) is 26.7. The third kappa shape index (κ3) is 4.59. The highest BCUT2D eigenvalue weighted by Crippen LogP contribution is 2.24. The van der Waals surface area contributed by atoms with Gasteiger partial charge in [-0.3, -0.25) is 0 Å². The lowest BCUT2D eigenvalue weighted by Gasteiger charge is -2.26. The van der Waals surface area contributed by atoms with Crippen LogP contribution in [0.5, 0.6) is 0 Å². The molecule has 1 saturated carbocycles. The topological polar surface area (TPSA) is 46.2 Å². The summed E-state index contributed by atoms with van der Waals surface area (Å²) >= 11 is 0. The van der Waals surface area contributed by atoms with E-state index in [9.17, 15) is 8.42 Å². The van der Waals surface area contributed by atoms with Crippen LogP contribution in [0.25, 0.3) is 0 Å². The highest BCUT2D eigenvalue weighted by Gasteiger charge is 2.33. The summed E-state index contributed by atoms with van der Waals surface area (Å²) in [6.45, 7) is 5.00. The van der Waals surface area contributed by atoms with Crippen LogP contribution in [-0.2, 0) is 9.84 Å². The van der Waals surface area contributed by atoms with Crippen LogP contribution in [0.2, 0.25) is 0 Å². The van der Waals surface area contributed by atoms with E-state index in [0.717, 1.165) is 38.6 Å². The molecule has 0 aromatic heterocycles. The number of rotatable bonds is 6. The fraction of sp³-hybridized carbons (Fsp3) is 1.00. The van der Waals surface area contributed by atoms with Gasteiger partial charge in [0.25, 0.3) is 0 Å². The van der Waals surface area contributed by atoms with E-state index in [1.165, 1.54) is 12.8 Å². The molecule has 4 heteroatoms. The van der Waals surface area contributed by atoms with E-state index < -0.39 is 9.84 Å². The molecule has 0 radical (unpaired) electrons. The van der Waals surface area contributed by atoms with E-state index in [1.807, 2.05) is 6.92 Å². The molecular formula is C13H27NO2S. The molecule has 1 aliphatic rings. The van der Waals surface area contributed by atoms with E-state index in [2.05, 4.69) is 12.2 Å². The molecule has 102 valence electrons. The molecule has 2 unspecified atom stereocenters. The fourth-order valence-corrected chi connectivity index (χ4v) is 4.83. The molecule has 0 heterocycles. The highest BCUT2D eigenvalue weighted by atomic mass is 32.2. The highest BCUT2D eigenvalue weighted by molar-refractivity contribution is 7.92. The molecule has 1 N–H and O–H groups in total. The van der Waals surface area contributed by atoms with Crippen LogP contribution in [-0.4, -0.2) is 32.0 Å². The van der Waals surface area contributed by atoms with Crippen molar-refractivity contribution in [2.45, 2.75) is 70.1 Å². The molecule has 1 aliphatic carbocycles. The molecule has 2 atom stereocenters. The Morgan fingerprint density at radius 2 is 1.76 bits per heavy atom. The minimum atomic E-state index is -2.90. The number of hydrogen-bond acceptors (Lipinski definition) is 3. The first-order valence-electron chi connectivity index (χ1n) is 7.06. The summed E-state index contributed by atoms with van der Waals surface area (Å²) in [7, 11) is -2.90. The Bertz CT molecular complexity index is 301. The maximum absolute atomic E-state index is 12.3. The maximum Gasteiger partial charge on any atom is 0.154 e. The number of nitrogens with one attached hydrogen (secondary N) is 1. The third-order valence-electron chi connectivity index (χ3n) is 3.56. The van der Waals surface area contributed by atoms with Crippen LogP contribution in [0.15, 0.2) is 0 Å². The van der Waals surface area contributed by atoms with Gasteiger partial charge in [-0.1, -0.05) is 33.1 Å². The second-order valence-corrected chi connectivity index (χ2v) is 7.44. The van der Waals surface area contributed by atoms with Crippen LogP contribution in [0.3, 0.4) is 0 Å². The molecule has 0 amide bonds. The Morgan fingerprint density at radius 1 is 1.06 bits per heavy atom. The Balaban J connectivity index is 2.74. The SMILES string of the molecule is CCCNC1CCCCCC1S(=O)(=O)CCC. The summed E-state index contributed by atoms with van der Waals surface area (Å²) in [4.78, 5) is 0. The minimum Gasteiger partial charge on any atom is -0.313 e. The van der Waals surface area contributed by atoms with Crippen molar-refractivity contribution >= 4 is 9.84 Å². The van der Waals surface area contributed by atoms with E-state index in [1.54, 1.807) is 0 Å². The number of hydrogen-bond donors (Lipinski definition) is 1. The molecule has 0 aromatic carbocycles.